The van der Waals surface area contributed by atoms with Crippen LogP contribution in [-0.2, 0) is 23.0 Å². The Morgan fingerprint density at radius 2 is 1.81 bits per heavy atom. The van der Waals surface area contributed by atoms with Gasteiger partial charge < -0.3 is 14.2 Å². The Balaban J connectivity index is 1.87. The number of carbonyl (C=O) groups is 2. The second-order valence-electron chi connectivity index (χ2n) is 8.68. The number of hydrogen-bond acceptors (Lipinski definition) is 5. The van der Waals surface area contributed by atoms with Gasteiger partial charge in [0, 0.05) is 39.8 Å². The van der Waals surface area contributed by atoms with Gasteiger partial charge in [-0.25, -0.2) is 9.78 Å². The van der Waals surface area contributed by atoms with Crippen molar-refractivity contribution in [1.29, 1.82) is 0 Å². The minimum atomic E-state index is -0.750. The van der Waals surface area contributed by atoms with Gasteiger partial charge in [-0.3, -0.25) is 14.5 Å². The van der Waals surface area contributed by atoms with Crippen LogP contribution in [0.3, 0.4) is 0 Å². The number of benzene rings is 1. The molecule has 9 heteroatoms. The summed E-state index contributed by atoms with van der Waals surface area (Å²) in [5.41, 5.74) is 1.19. The second-order valence-corrected chi connectivity index (χ2v) is 9.49. The zero-order valence-electron chi connectivity index (χ0n) is 18.4. The minimum absolute atomic E-state index is 0.160. The lowest BCUT2D eigenvalue weighted by molar-refractivity contribution is -0.140. The fourth-order valence-corrected chi connectivity index (χ4v) is 3.95. The van der Waals surface area contributed by atoms with Crippen molar-refractivity contribution in [3.05, 3.63) is 62.2 Å². The molecule has 2 amide bonds. The Labute approximate surface area is 189 Å². The molecule has 2 heterocycles. The van der Waals surface area contributed by atoms with Gasteiger partial charge in [0.1, 0.15) is 21.9 Å². The zero-order valence-corrected chi connectivity index (χ0v) is 20.0. The van der Waals surface area contributed by atoms with E-state index in [9.17, 15) is 14.4 Å². The molecule has 0 bridgehead atoms. The number of aryl methyl sites for hydroxylation is 1. The van der Waals surface area contributed by atoms with E-state index in [1.807, 2.05) is 24.3 Å². The molecule has 3 rings (SSSR count). The molecule has 0 N–H and O–H groups in total. The maximum absolute atomic E-state index is 12.9. The molecule has 0 radical (unpaired) electrons. The largest absolute Gasteiger partial charge is 0.444 e. The van der Waals surface area contributed by atoms with Gasteiger partial charge in [0.15, 0.2) is 0 Å². The summed E-state index contributed by atoms with van der Waals surface area (Å²) in [6.45, 7) is 6.23. The van der Waals surface area contributed by atoms with E-state index in [2.05, 4.69) is 20.9 Å². The average Bonchev–Trinajstić information content (AvgIpc) is 2.67. The maximum atomic E-state index is 12.9. The van der Waals surface area contributed by atoms with E-state index in [0.717, 1.165) is 5.56 Å². The molecule has 1 atom stereocenters. The Hall–Kier alpha value is -2.68. The fourth-order valence-electron chi connectivity index (χ4n) is 3.43. The van der Waals surface area contributed by atoms with Gasteiger partial charge >= 0.3 is 6.09 Å². The first-order valence-corrected chi connectivity index (χ1v) is 10.8. The smallest absolute Gasteiger partial charge is 0.411 e. The predicted molar refractivity (Wildman–Crippen MR) is 120 cm³/mol. The van der Waals surface area contributed by atoms with Crippen molar-refractivity contribution < 1.29 is 14.3 Å². The van der Waals surface area contributed by atoms with Crippen molar-refractivity contribution in [2.24, 2.45) is 7.05 Å². The lowest BCUT2D eigenvalue weighted by Crippen LogP contribution is -2.53. The SMILES string of the molecule is CN1CCN(C(=O)OC(C)(C)C)C(c2ccc(Cc3nc(Br)cn(C)c3=O)cc2)C1=O. The number of piperazine rings is 1. The number of nitrogens with zero attached hydrogens (tertiary/aromatic N) is 4. The van der Waals surface area contributed by atoms with E-state index in [1.165, 1.54) is 9.47 Å². The summed E-state index contributed by atoms with van der Waals surface area (Å²) in [4.78, 5) is 45.4. The first-order chi connectivity index (χ1) is 14.5. The highest BCUT2D eigenvalue weighted by molar-refractivity contribution is 9.10. The Morgan fingerprint density at radius 1 is 1.16 bits per heavy atom. The summed E-state index contributed by atoms with van der Waals surface area (Å²) in [5, 5.41) is 0. The molecule has 31 heavy (non-hydrogen) atoms. The molecule has 1 aliphatic heterocycles. The monoisotopic (exact) mass is 490 g/mol. The van der Waals surface area contributed by atoms with Crippen molar-refractivity contribution in [3.8, 4) is 0 Å². The van der Waals surface area contributed by atoms with Crippen LogP contribution >= 0.6 is 15.9 Å². The second kappa shape index (κ2) is 8.82. The molecule has 1 fully saturated rings. The molecule has 1 saturated heterocycles. The van der Waals surface area contributed by atoms with Gasteiger partial charge in [-0.15, -0.1) is 0 Å². The maximum Gasteiger partial charge on any atom is 0.411 e. The highest BCUT2D eigenvalue weighted by Crippen LogP contribution is 2.28. The van der Waals surface area contributed by atoms with Crippen molar-refractivity contribution in [2.45, 2.75) is 38.8 Å². The Morgan fingerprint density at radius 3 is 2.42 bits per heavy atom. The molecule has 0 aliphatic carbocycles. The van der Waals surface area contributed by atoms with Crippen molar-refractivity contribution in [3.63, 3.8) is 0 Å². The molecule has 8 nitrogen and oxygen atoms in total. The highest BCUT2D eigenvalue weighted by atomic mass is 79.9. The molecular weight excluding hydrogens is 464 g/mol. The summed E-state index contributed by atoms with van der Waals surface area (Å²) in [7, 11) is 3.41. The van der Waals surface area contributed by atoms with Crippen molar-refractivity contribution in [2.75, 3.05) is 20.1 Å². The molecule has 1 aromatic carbocycles. The number of likely N-dealkylation sites (N-methyl/N-ethyl adjacent to an activating group) is 1. The van der Waals surface area contributed by atoms with E-state index in [-0.39, 0.29) is 11.5 Å². The van der Waals surface area contributed by atoms with E-state index >= 15 is 0 Å². The van der Waals surface area contributed by atoms with Gasteiger partial charge in [-0.1, -0.05) is 24.3 Å². The molecular formula is C22H27BrN4O4. The molecule has 0 spiro atoms. The standard InChI is InChI=1S/C22H27BrN4O4/c1-22(2,3)31-21(30)27-11-10-25(4)20(29)18(27)15-8-6-14(7-9-15)12-16-19(28)26(5)13-17(23)24-16/h6-9,13,18H,10-12H2,1-5H3. The van der Waals surface area contributed by atoms with E-state index in [1.54, 1.807) is 46.0 Å². The normalized spacial score (nSPS) is 17.1. The topological polar surface area (TPSA) is 84.7 Å². The molecule has 1 aromatic heterocycles. The van der Waals surface area contributed by atoms with Crippen LogP contribution in [0.1, 0.15) is 43.6 Å². The number of ether oxygens (including phenoxy) is 1. The first kappa shape index (κ1) is 23.0. The number of hydrogen-bond donors (Lipinski definition) is 0. The first-order valence-electron chi connectivity index (χ1n) is 10.0. The molecule has 166 valence electrons. The minimum Gasteiger partial charge on any atom is -0.444 e. The van der Waals surface area contributed by atoms with Gasteiger partial charge in [0.25, 0.3) is 5.56 Å². The number of amides is 2. The summed E-state index contributed by atoms with van der Waals surface area (Å²) in [6.07, 6.45) is 1.47. The van der Waals surface area contributed by atoms with Crippen molar-refractivity contribution >= 4 is 27.9 Å². The van der Waals surface area contributed by atoms with Crippen LogP contribution in [0, 0.1) is 0 Å². The molecule has 2 aromatic rings. The van der Waals surface area contributed by atoms with Crippen LogP contribution in [0.4, 0.5) is 4.79 Å². The number of carbonyl (C=O) groups excluding carboxylic acids is 2. The lowest BCUT2D eigenvalue weighted by atomic mass is 9.99. The van der Waals surface area contributed by atoms with Gasteiger partial charge in [-0.2, -0.15) is 0 Å². The Kier molecular flexibility index (Phi) is 6.54. The third-order valence-corrected chi connectivity index (χ3v) is 5.38. The molecule has 1 unspecified atom stereocenters. The zero-order chi connectivity index (χ0) is 22.9. The predicted octanol–water partition coefficient (Wildman–Crippen LogP) is 2.88. The number of halogens is 1. The third kappa shape index (κ3) is 5.33. The fraction of sp³-hybridized carbons (Fsp3) is 0.455. The van der Waals surface area contributed by atoms with Crippen LogP contribution < -0.4 is 5.56 Å². The van der Waals surface area contributed by atoms with Crippen molar-refractivity contribution in [1.82, 2.24) is 19.4 Å². The third-order valence-electron chi connectivity index (χ3n) is 5.00. The van der Waals surface area contributed by atoms with Gasteiger partial charge in [0.05, 0.1) is 0 Å². The summed E-state index contributed by atoms with van der Waals surface area (Å²) >= 11 is 3.31. The van der Waals surface area contributed by atoms with Crippen LogP contribution in [0.15, 0.2) is 39.9 Å². The highest BCUT2D eigenvalue weighted by Gasteiger charge is 2.39. The molecule has 1 aliphatic rings. The van der Waals surface area contributed by atoms with E-state index in [4.69, 9.17) is 4.74 Å². The van der Waals surface area contributed by atoms with Crippen LogP contribution in [0.25, 0.3) is 0 Å². The van der Waals surface area contributed by atoms with Crippen LogP contribution in [0.5, 0.6) is 0 Å². The van der Waals surface area contributed by atoms with Gasteiger partial charge in [-0.05, 0) is 47.8 Å². The van der Waals surface area contributed by atoms with Crippen LogP contribution in [0.2, 0.25) is 0 Å². The lowest BCUT2D eigenvalue weighted by Gasteiger charge is -2.39. The summed E-state index contributed by atoms with van der Waals surface area (Å²) < 4.78 is 7.59. The number of rotatable bonds is 3. The van der Waals surface area contributed by atoms with E-state index < -0.39 is 17.7 Å². The molecule has 0 saturated carbocycles. The van der Waals surface area contributed by atoms with Crippen LogP contribution in [-0.4, -0.2) is 57.1 Å². The number of aromatic nitrogens is 2. The summed E-state index contributed by atoms with van der Waals surface area (Å²) in [5.74, 6) is -0.160. The van der Waals surface area contributed by atoms with E-state index in [0.29, 0.717) is 35.4 Å². The quantitative estimate of drug-likeness (QED) is 0.660. The average molecular weight is 491 g/mol. The van der Waals surface area contributed by atoms with Gasteiger partial charge in [0.2, 0.25) is 5.91 Å². The Bertz CT molecular complexity index is 1040. The summed E-state index contributed by atoms with van der Waals surface area (Å²) in [6, 6.07) is 6.59.